The summed E-state index contributed by atoms with van der Waals surface area (Å²) in [5, 5.41) is 3.10. The van der Waals surface area contributed by atoms with Crippen molar-refractivity contribution in [3.63, 3.8) is 0 Å². The van der Waals surface area contributed by atoms with Crippen LogP contribution in [0.5, 0.6) is 0 Å². The number of nitrogens with zero attached hydrogens (tertiary/aromatic N) is 2. The van der Waals surface area contributed by atoms with Crippen molar-refractivity contribution in [1.82, 2.24) is 9.55 Å². The van der Waals surface area contributed by atoms with E-state index in [1.165, 1.54) is 12.4 Å². The van der Waals surface area contributed by atoms with Gasteiger partial charge in [0.15, 0.2) is 11.6 Å². The van der Waals surface area contributed by atoms with Crippen molar-refractivity contribution in [1.29, 1.82) is 0 Å². The van der Waals surface area contributed by atoms with Crippen LogP contribution in [0.25, 0.3) is 22.1 Å². The fourth-order valence-corrected chi connectivity index (χ4v) is 2.66. The summed E-state index contributed by atoms with van der Waals surface area (Å²) in [6, 6.07) is 10.1. The Morgan fingerprint density at radius 2 is 1.96 bits per heavy atom. The number of amides is 1. The number of halogens is 2. The molecule has 0 aliphatic carbocycles. The number of anilines is 1. The van der Waals surface area contributed by atoms with Gasteiger partial charge in [-0.15, -0.1) is 0 Å². The molecule has 0 fully saturated rings. The third-order valence-corrected chi connectivity index (χ3v) is 3.87. The predicted molar refractivity (Wildman–Crippen MR) is 90.8 cm³/mol. The summed E-state index contributed by atoms with van der Waals surface area (Å²) in [6.07, 6.45) is 1.25. The van der Waals surface area contributed by atoms with E-state index in [0.29, 0.717) is 16.5 Å². The lowest BCUT2D eigenvalue weighted by Crippen LogP contribution is -2.27. The third-order valence-electron chi connectivity index (χ3n) is 3.87. The highest BCUT2D eigenvalue weighted by Gasteiger charge is 2.15. The standard InChI is InChI=1S/C18H11F2N3O3/c19-12-6-5-10(7-13(12)20)22-15(24)8-23-9-21-16-11-3-1-2-4-14(11)26-17(16)18(23)25/h1-7,9H,8H2,(H,22,24). The first-order valence-corrected chi connectivity index (χ1v) is 7.64. The summed E-state index contributed by atoms with van der Waals surface area (Å²) < 4.78 is 32.7. The molecule has 0 saturated heterocycles. The maximum atomic E-state index is 13.2. The number of hydrogen-bond donors (Lipinski definition) is 1. The van der Waals surface area contributed by atoms with Crippen LogP contribution in [0.2, 0.25) is 0 Å². The first-order valence-electron chi connectivity index (χ1n) is 7.64. The first-order chi connectivity index (χ1) is 12.5. The van der Waals surface area contributed by atoms with Gasteiger partial charge in [-0.2, -0.15) is 0 Å². The van der Waals surface area contributed by atoms with Crippen LogP contribution < -0.4 is 10.9 Å². The molecule has 2 aromatic heterocycles. The molecule has 4 rings (SSSR count). The number of carbonyl (C=O) groups is 1. The molecule has 1 amide bonds. The van der Waals surface area contributed by atoms with Crippen molar-refractivity contribution in [3.8, 4) is 0 Å². The molecular weight excluding hydrogens is 344 g/mol. The molecule has 6 nitrogen and oxygen atoms in total. The van der Waals surface area contributed by atoms with E-state index in [0.717, 1.165) is 16.7 Å². The second kappa shape index (κ2) is 6.07. The van der Waals surface area contributed by atoms with Crippen LogP contribution in [-0.4, -0.2) is 15.5 Å². The molecule has 0 aliphatic rings. The number of fused-ring (bicyclic) bond motifs is 3. The molecule has 0 bridgehead atoms. The summed E-state index contributed by atoms with van der Waals surface area (Å²) in [7, 11) is 0. The van der Waals surface area contributed by atoms with Crippen LogP contribution >= 0.6 is 0 Å². The van der Waals surface area contributed by atoms with Crippen molar-refractivity contribution < 1.29 is 18.0 Å². The number of rotatable bonds is 3. The predicted octanol–water partition coefficient (Wildman–Crippen LogP) is 3.06. The lowest BCUT2D eigenvalue weighted by molar-refractivity contribution is -0.116. The molecule has 0 unspecified atom stereocenters. The molecule has 8 heteroatoms. The highest BCUT2D eigenvalue weighted by molar-refractivity contribution is 6.01. The lowest BCUT2D eigenvalue weighted by Gasteiger charge is -2.07. The number of aromatic nitrogens is 2. The molecule has 0 spiro atoms. The van der Waals surface area contributed by atoms with Gasteiger partial charge in [-0.3, -0.25) is 14.2 Å². The fraction of sp³-hybridized carbons (Fsp3) is 0.0556. The van der Waals surface area contributed by atoms with Crippen molar-refractivity contribution in [2.45, 2.75) is 6.54 Å². The molecule has 0 saturated carbocycles. The van der Waals surface area contributed by atoms with E-state index >= 15 is 0 Å². The van der Waals surface area contributed by atoms with Gasteiger partial charge in [-0.05, 0) is 24.3 Å². The summed E-state index contributed by atoms with van der Waals surface area (Å²) in [5.74, 6) is -2.68. The first kappa shape index (κ1) is 15.9. The zero-order valence-corrected chi connectivity index (χ0v) is 13.2. The molecule has 1 N–H and O–H groups in total. The Morgan fingerprint density at radius 1 is 1.15 bits per heavy atom. The smallest absolute Gasteiger partial charge is 0.297 e. The zero-order valence-electron chi connectivity index (χ0n) is 13.2. The normalized spacial score (nSPS) is 11.2. The second-order valence-electron chi connectivity index (χ2n) is 5.63. The van der Waals surface area contributed by atoms with Crippen LogP contribution in [0.4, 0.5) is 14.5 Å². The maximum Gasteiger partial charge on any atom is 0.297 e. The molecule has 0 aliphatic heterocycles. The van der Waals surface area contributed by atoms with Crippen LogP contribution in [-0.2, 0) is 11.3 Å². The van der Waals surface area contributed by atoms with Crippen LogP contribution in [0.15, 0.2) is 58.0 Å². The number of para-hydroxylation sites is 1. The summed E-state index contributed by atoms with van der Waals surface area (Å²) in [6.45, 7) is -0.349. The van der Waals surface area contributed by atoms with E-state index in [-0.39, 0.29) is 17.8 Å². The summed E-state index contributed by atoms with van der Waals surface area (Å²) in [4.78, 5) is 28.8. The second-order valence-corrected chi connectivity index (χ2v) is 5.63. The highest BCUT2D eigenvalue weighted by Crippen LogP contribution is 2.24. The Bertz CT molecular complexity index is 1210. The molecule has 130 valence electrons. The van der Waals surface area contributed by atoms with Crippen molar-refractivity contribution in [3.05, 3.63) is 70.8 Å². The minimum atomic E-state index is -1.08. The summed E-state index contributed by atoms with van der Waals surface area (Å²) in [5.41, 5.74) is 0.569. The van der Waals surface area contributed by atoms with Crippen LogP contribution in [0.1, 0.15) is 0 Å². The van der Waals surface area contributed by atoms with Gasteiger partial charge in [-0.25, -0.2) is 13.8 Å². The Hall–Kier alpha value is -3.55. The molecule has 0 radical (unpaired) electrons. The molecular formula is C18H11F2N3O3. The molecule has 2 heterocycles. The molecule has 4 aromatic rings. The van der Waals surface area contributed by atoms with Crippen LogP contribution in [0.3, 0.4) is 0 Å². The number of hydrogen-bond acceptors (Lipinski definition) is 4. The molecule has 26 heavy (non-hydrogen) atoms. The average Bonchev–Trinajstić information content (AvgIpc) is 3.00. The number of furan rings is 1. The third kappa shape index (κ3) is 2.71. The van der Waals surface area contributed by atoms with Crippen molar-refractivity contribution >= 4 is 33.7 Å². The average molecular weight is 355 g/mol. The van der Waals surface area contributed by atoms with Gasteiger partial charge in [0.2, 0.25) is 11.5 Å². The Morgan fingerprint density at radius 3 is 2.77 bits per heavy atom. The minimum Gasteiger partial charge on any atom is -0.448 e. The topological polar surface area (TPSA) is 77.1 Å². The zero-order chi connectivity index (χ0) is 18.3. The van der Waals surface area contributed by atoms with E-state index in [2.05, 4.69) is 10.3 Å². The van der Waals surface area contributed by atoms with E-state index < -0.39 is 23.1 Å². The van der Waals surface area contributed by atoms with Gasteiger partial charge in [-0.1, -0.05) is 12.1 Å². The van der Waals surface area contributed by atoms with E-state index in [4.69, 9.17) is 4.42 Å². The fourth-order valence-electron chi connectivity index (χ4n) is 2.66. The Kier molecular flexibility index (Phi) is 3.72. The lowest BCUT2D eigenvalue weighted by atomic mass is 10.2. The van der Waals surface area contributed by atoms with Gasteiger partial charge < -0.3 is 9.73 Å². The number of nitrogens with one attached hydrogen (secondary N) is 1. The van der Waals surface area contributed by atoms with Gasteiger partial charge >= 0.3 is 0 Å². The number of carbonyl (C=O) groups excluding carboxylic acids is 1. The SMILES string of the molecule is O=C(Cn1cnc2c(oc3ccccc32)c1=O)Nc1ccc(F)c(F)c1. The van der Waals surface area contributed by atoms with Gasteiger partial charge in [0, 0.05) is 17.1 Å². The molecule has 2 aromatic carbocycles. The van der Waals surface area contributed by atoms with Gasteiger partial charge in [0.25, 0.3) is 5.56 Å². The van der Waals surface area contributed by atoms with Crippen molar-refractivity contribution in [2.24, 2.45) is 0 Å². The van der Waals surface area contributed by atoms with Crippen molar-refractivity contribution in [2.75, 3.05) is 5.32 Å². The number of benzene rings is 2. The Labute approximate surface area is 144 Å². The van der Waals surface area contributed by atoms with Gasteiger partial charge in [0.1, 0.15) is 17.6 Å². The monoisotopic (exact) mass is 355 g/mol. The maximum absolute atomic E-state index is 13.2. The minimum absolute atomic E-state index is 0.0503. The quantitative estimate of drug-likeness (QED) is 0.613. The van der Waals surface area contributed by atoms with E-state index in [1.54, 1.807) is 24.3 Å². The summed E-state index contributed by atoms with van der Waals surface area (Å²) >= 11 is 0. The van der Waals surface area contributed by atoms with E-state index in [1.807, 2.05) is 0 Å². The molecule has 0 atom stereocenters. The van der Waals surface area contributed by atoms with E-state index in [9.17, 15) is 18.4 Å². The largest absolute Gasteiger partial charge is 0.448 e. The van der Waals surface area contributed by atoms with Gasteiger partial charge in [0.05, 0.1) is 6.33 Å². The van der Waals surface area contributed by atoms with Crippen LogP contribution in [0, 0.1) is 11.6 Å². The highest BCUT2D eigenvalue weighted by atomic mass is 19.2. The Balaban J connectivity index is 1.63.